The van der Waals surface area contributed by atoms with Crippen LogP contribution in [-0.2, 0) is 16.0 Å². The molecular formula is C14H19N3O4. The van der Waals surface area contributed by atoms with E-state index in [4.69, 9.17) is 5.11 Å². The van der Waals surface area contributed by atoms with Gasteiger partial charge in [-0.1, -0.05) is 30.3 Å². The van der Waals surface area contributed by atoms with Gasteiger partial charge in [-0.05, 0) is 5.56 Å². The Kier molecular flexibility index (Phi) is 6.19. The van der Waals surface area contributed by atoms with Crippen molar-refractivity contribution in [2.24, 2.45) is 0 Å². The summed E-state index contributed by atoms with van der Waals surface area (Å²) in [6, 6.07) is 7.24. The molecular weight excluding hydrogens is 274 g/mol. The summed E-state index contributed by atoms with van der Waals surface area (Å²) >= 11 is 0. The van der Waals surface area contributed by atoms with E-state index in [1.54, 1.807) is 38.4 Å². The van der Waals surface area contributed by atoms with Crippen LogP contribution in [0.3, 0.4) is 0 Å². The first-order valence-electron chi connectivity index (χ1n) is 6.41. The number of nitrogens with zero attached hydrogens (tertiary/aromatic N) is 1. The molecule has 0 aliphatic rings. The van der Waals surface area contributed by atoms with Crippen molar-refractivity contribution in [1.82, 2.24) is 15.5 Å². The molecule has 1 aromatic rings. The van der Waals surface area contributed by atoms with Crippen LogP contribution in [0.5, 0.6) is 0 Å². The molecule has 0 saturated heterocycles. The summed E-state index contributed by atoms with van der Waals surface area (Å²) in [7, 11) is 3.13. The van der Waals surface area contributed by atoms with Crippen LogP contribution in [0.15, 0.2) is 30.3 Å². The molecule has 0 unspecified atom stereocenters. The summed E-state index contributed by atoms with van der Waals surface area (Å²) < 4.78 is 0. The minimum Gasteiger partial charge on any atom is -0.480 e. The number of nitrogens with one attached hydrogen (secondary N) is 2. The number of rotatable bonds is 6. The molecule has 0 saturated carbocycles. The van der Waals surface area contributed by atoms with E-state index in [2.05, 4.69) is 10.6 Å². The topological polar surface area (TPSA) is 98.7 Å². The van der Waals surface area contributed by atoms with Gasteiger partial charge >= 0.3 is 12.0 Å². The zero-order chi connectivity index (χ0) is 15.8. The van der Waals surface area contributed by atoms with Gasteiger partial charge in [-0.2, -0.15) is 0 Å². The number of carbonyl (C=O) groups excluding carboxylic acids is 2. The van der Waals surface area contributed by atoms with Gasteiger partial charge in [-0.15, -0.1) is 0 Å². The largest absolute Gasteiger partial charge is 0.480 e. The standard InChI is InChI=1S/C14H19N3O4/c1-17(2)12(18)9-15-14(21)16-11(13(19)20)8-10-6-4-3-5-7-10/h3-7,11H,8-9H2,1-2H3,(H,19,20)(H2,15,16,21)/t11-/m1/s1. The quantitative estimate of drug-likeness (QED) is 0.691. The lowest BCUT2D eigenvalue weighted by atomic mass is 10.1. The van der Waals surface area contributed by atoms with Crippen LogP contribution >= 0.6 is 0 Å². The fraction of sp³-hybridized carbons (Fsp3) is 0.357. The molecule has 0 fully saturated rings. The molecule has 1 atom stereocenters. The Balaban J connectivity index is 2.53. The predicted molar refractivity (Wildman–Crippen MR) is 76.8 cm³/mol. The Hall–Kier alpha value is -2.57. The van der Waals surface area contributed by atoms with Gasteiger partial charge in [0.15, 0.2) is 0 Å². The third kappa shape index (κ3) is 5.94. The lowest BCUT2D eigenvalue weighted by Crippen LogP contribution is -2.49. The minimum atomic E-state index is -1.13. The zero-order valence-corrected chi connectivity index (χ0v) is 12.0. The lowest BCUT2D eigenvalue weighted by Gasteiger charge is -2.16. The van der Waals surface area contributed by atoms with Crippen LogP contribution in [0.25, 0.3) is 0 Å². The van der Waals surface area contributed by atoms with Crippen molar-refractivity contribution in [3.8, 4) is 0 Å². The molecule has 3 amide bonds. The SMILES string of the molecule is CN(C)C(=O)CNC(=O)N[C@H](Cc1ccccc1)C(=O)O. The average Bonchev–Trinajstić information content (AvgIpc) is 2.44. The third-order valence-electron chi connectivity index (χ3n) is 2.79. The highest BCUT2D eigenvalue weighted by Crippen LogP contribution is 2.03. The molecule has 7 nitrogen and oxygen atoms in total. The first-order chi connectivity index (χ1) is 9.90. The van der Waals surface area contributed by atoms with Gasteiger partial charge in [-0.25, -0.2) is 9.59 Å². The lowest BCUT2D eigenvalue weighted by molar-refractivity contribution is -0.139. The highest BCUT2D eigenvalue weighted by atomic mass is 16.4. The first-order valence-corrected chi connectivity index (χ1v) is 6.41. The van der Waals surface area contributed by atoms with Crippen LogP contribution in [0.4, 0.5) is 4.79 Å². The number of carboxylic acids is 1. The van der Waals surface area contributed by atoms with Crippen molar-refractivity contribution in [1.29, 1.82) is 0 Å². The summed E-state index contributed by atoms with van der Waals surface area (Å²) in [5, 5.41) is 13.8. The van der Waals surface area contributed by atoms with Crippen LogP contribution in [-0.4, -0.2) is 54.6 Å². The van der Waals surface area contributed by atoms with Crippen LogP contribution in [0.2, 0.25) is 0 Å². The number of benzene rings is 1. The van der Waals surface area contributed by atoms with Crippen LogP contribution in [0.1, 0.15) is 5.56 Å². The first kappa shape index (κ1) is 16.5. The van der Waals surface area contributed by atoms with Crippen molar-refractivity contribution in [3.05, 3.63) is 35.9 Å². The Bertz CT molecular complexity index is 502. The molecule has 21 heavy (non-hydrogen) atoms. The average molecular weight is 293 g/mol. The van der Waals surface area contributed by atoms with Gasteiger partial charge < -0.3 is 20.6 Å². The van der Waals surface area contributed by atoms with Crippen molar-refractivity contribution in [3.63, 3.8) is 0 Å². The van der Waals surface area contributed by atoms with E-state index in [1.807, 2.05) is 6.07 Å². The molecule has 0 bridgehead atoms. The molecule has 0 spiro atoms. The van der Waals surface area contributed by atoms with E-state index < -0.39 is 18.0 Å². The normalized spacial score (nSPS) is 11.3. The maximum absolute atomic E-state index is 11.6. The minimum absolute atomic E-state index is 0.172. The molecule has 114 valence electrons. The number of hydrogen-bond acceptors (Lipinski definition) is 3. The summed E-state index contributed by atoms with van der Waals surface area (Å²) in [5.74, 6) is -1.41. The second kappa shape index (κ2) is 7.88. The Labute approximate surface area is 122 Å². The van der Waals surface area contributed by atoms with Crippen LogP contribution in [0, 0.1) is 0 Å². The maximum Gasteiger partial charge on any atom is 0.326 e. The van der Waals surface area contributed by atoms with Crippen molar-refractivity contribution < 1.29 is 19.5 Å². The van der Waals surface area contributed by atoms with E-state index in [0.29, 0.717) is 0 Å². The fourth-order valence-electron chi connectivity index (χ4n) is 1.57. The Morgan fingerprint density at radius 1 is 1.19 bits per heavy atom. The summed E-state index contributed by atoms with van der Waals surface area (Å²) in [4.78, 5) is 35.4. The van der Waals surface area contributed by atoms with Crippen molar-refractivity contribution in [2.45, 2.75) is 12.5 Å². The number of aliphatic carboxylic acids is 1. The fourth-order valence-corrected chi connectivity index (χ4v) is 1.57. The molecule has 1 rings (SSSR count). The second-order valence-electron chi connectivity index (χ2n) is 4.70. The molecule has 0 aliphatic heterocycles. The highest BCUT2D eigenvalue weighted by molar-refractivity contribution is 5.86. The molecule has 0 aliphatic carbocycles. The van der Waals surface area contributed by atoms with Crippen molar-refractivity contribution in [2.75, 3.05) is 20.6 Å². The van der Waals surface area contributed by atoms with Crippen molar-refractivity contribution >= 4 is 17.9 Å². The van der Waals surface area contributed by atoms with Crippen LogP contribution < -0.4 is 10.6 Å². The third-order valence-corrected chi connectivity index (χ3v) is 2.79. The molecule has 1 aromatic carbocycles. The van der Waals surface area contributed by atoms with Gasteiger partial charge in [0.1, 0.15) is 6.04 Å². The summed E-state index contributed by atoms with van der Waals surface area (Å²) in [6.07, 6.45) is 0.172. The van der Waals surface area contributed by atoms with Gasteiger partial charge in [0.2, 0.25) is 5.91 Å². The zero-order valence-electron chi connectivity index (χ0n) is 12.0. The molecule has 0 radical (unpaired) electrons. The van der Waals surface area contributed by atoms with Gasteiger partial charge in [0.05, 0.1) is 6.54 Å². The highest BCUT2D eigenvalue weighted by Gasteiger charge is 2.20. The molecule has 3 N–H and O–H groups in total. The van der Waals surface area contributed by atoms with E-state index in [9.17, 15) is 14.4 Å². The van der Waals surface area contributed by atoms with E-state index >= 15 is 0 Å². The predicted octanol–water partition coefficient (Wildman–Crippen LogP) is 0.0697. The Morgan fingerprint density at radius 3 is 2.33 bits per heavy atom. The van der Waals surface area contributed by atoms with Gasteiger partial charge in [-0.3, -0.25) is 4.79 Å². The summed E-state index contributed by atoms with van der Waals surface area (Å²) in [6.45, 7) is -0.184. The number of hydrogen-bond donors (Lipinski definition) is 3. The van der Waals surface area contributed by atoms with E-state index in [-0.39, 0.29) is 18.9 Å². The number of amides is 3. The molecule has 7 heteroatoms. The number of carboxylic acid groups (broad SMARTS) is 1. The Morgan fingerprint density at radius 2 is 1.81 bits per heavy atom. The smallest absolute Gasteiger partial charge is 0.326 e. The van der Waals surface area contributed by atoms with Gasteiger partial charge in [0, 0.05) is 20.5 Å². The molecule has 0 heterocycles. The monoisotopic (exact) mass is 293 g/mol. The summed E-state index contributed by atoms with van der Waals surface area (Å²) in [5.41, 5.74) is 0.801. The number of carbonyl (C=O) groups is 3. The number of likely N-dealkylation sites (N-methyl/N-ethyl adjacent to an activating group) is 1. The van der Waals surface area contributed by atoms with E-state index in [0.717, 1.165) is 5.56 Å². The van der Waals surface area contributed by atoms with E-state index in [1.165, 1.54) is 4.90 Å². The maximum atomic E-state index is 11.6. The molecule has 0 aromatic heterocycles. The number of urea groups is 1. The van der Waals surface area contributed by atoms with Gasteiger partial charge in [0.25, 0.3) is 0 Å². The second-order valence-corrected chi connectivity index (χ2v) is 4.70.